The zero-order chi connectivity index (χ0) is 11.5. The van der Waals surface area contributed by atoms with E-state index in [2.05, 4.69) is 21.2 Å². The standard InChI is InChI=1S/C11H12BrF2NO/c12-9-3-7-1-2-16-11(7)8(4-9)5-15-6-10(13)14/h3-4,10,15H,1-2,5-6H2. The van der Waals surface area contributed by atoms with Gasteiger partial charge in [-0.2, -0.15) is 0 Å². The molecule has 0 fully saturated rings. The molecule has 16 heavy (non-hydrogen) atoms. The first-order valence-corrected chi connectivity index (χ1v) is 5.89. The van der Waals surface area contributed by atoms with Gasteiger partial charge < -0.3 is 10.1 Å². The van der Waals surface area contributed by atoms with Crippen molar-refractivity contribution in [2.75, 3.05) is 13.2 Å². The number of rotatable bonds is 4. The van der Waals surface area contributed by atoms with Gasteiger partial charge >= 0.3 is 0 Å². The molecule has 0 aliphatic carbocycles. The summed E-state index contributed by atoms with van der Waals surface area (Å²) in [7, 11) is 0. The minimum absolute atomic E-state index is 0.290. The van der Waals surface area contributed by atoms with Gasteiger partial charge in [0.05, 0.1) is 13.2 Å². The molecule has 0 spiro atoms. The number of alkyl halides is 2. The number of benzene rings is 1. The fourth-order valence-electron chi connectivity index (χ4n) is 1.79. The van der Waals surface area contributed by atoms with E-state index >= 15 is 0 Å². The van der Waals surface area contributed by atoms with Gasteiger partial charge in [0.25, 0.3) is 6.43 Å². The molecule has 1 heterocycles. The van der Waals surface area contributed by atoms with Crippen molar-refractivity contribution in [1.82, 2.24) is 5.32 Å². The van der Waals surface area contributed by atoms with E-state index in [1.807, 2.05) is 12.1 Å². The number of fused-ring (bicyclic) bond motifs is 1. The second-order valence-electron chi connectivity index (χ2n) is 3.67. The summed E-state index contributed by atoms with van der Waals surface area (Å²) in [5, 5.41) is 2.71. The van der Waals surface area contributed by atoms with Crippen molar-refractivity contribution >= 4 is 15.9 Å². The van der Waals surface area contributed by atoms with Gasteiger partial charge in [-0.3, -0.25) is 0 Å². The number of hydrogen-bond donors (Lipinski definition) is 1. The normalized spacial score (nSPS) is 14.0. The van der Waals surface area contributed by atoms with Crippen LogP contribution in [0.3, 0.4) is 0 Å². The summed E-state index contributed by atoms with van der Waals surface area (Å²) in [6.45, 7) is 0.793. The summed E-state index contributed by atoms with van der Waals surface area (Å²) in [5.41, 5.74) is 2.07. The predicted octanol–water partition coefficient (Wildman–Crippen LogP) is 2.74. The van der Waals surface area contributed by atoms with Crippen LogP contribution in [-0.4, -0.2) is 19.6 Å². The molecule has 88 valence electrons. The Labute approximate surface area is 101 Å². The minimum Gasteiger partial charge on any atom is -0.493 e. The van der Waals surface area contributed by atoms with Crippen molar-refractivity contribution in [2.24, 2.45) is 0 Å². The first-order valence-electron chi connectivity index (χ1n) is 5.10. The summed E-state index contributed by atoms with van der Waals surface area (Å²) in [4.78, 5) is 0. The van der Waals surface area contributed by atoms with Crippen LogP contribution >= 0.6 is 15.9 Å². The Morgan fingerprint density at radius 3 is 3.00 bits per heavy atom. The summed E-state index contributed by atoms with van der Waals surface area (Å²) < 4.78 is 30.4. The molecule has 0 bridgehead atoms. The molecule has 1 N–H and O–H groups in total. The monoisotopic (exact) mass is 291 g/mol. The number of nitrogens with one attached hydrogen (secondary N) is 1. The minimum atomic E-state index is -2.32. The highest BCUT2D eigenvalue weighted by Crippen LogP contribution is 2.32. The lowest BCUT2D eigenvalue weighted by Crippen LogP contribution is -2.20. The highest BCUT2D eigenvalue weighted by atomic mass is 79.9. The van der Waals surface area contributed by atoms with Gasteiger partial charge in [0, 0.05) is 23.0 Å². The Morgan fingerprint density at radius 2 is 2.25 bits per heavy atom. The lowest BCUT2D eigenvalue weighted by atomic mass is 10.1. The third-order valence-corrected chi connectivity index (χ3v) is 2.90. The Bertz CT molecular complexity index is 384. The van der Waals surface area contributed by atoms with E-state index in [0.29, 0.717) is 13.2 Å². The predicted molar refractivity (Wildman–Crippen MR) is 61.1 cm³/mol. The number of hydrogen-bond acceptors (Lipinski definition) is 2. The summed E-state index contributed by atoms with van der Waals surface area (Å²) in [5.74, 6) is 0.852. The van der Waals surface area contributed by atoms with Crippen LogP contribution < -0.4 is 10.1 Å². The van der Waals surface area contributed by atoms with Crippen LogP contribution in [0.5, 0.6) is 5.75 Å². The maximum Gasteiger partial charge on any atom is 0.250 e. The molecule has 0 amide bonds. The lowest BCUT2D eigenvalue weighted by molar-refractivity contribution is 0.145. The molecule has 0 radical (unpaired) electrons. The summed E-state index contributed by atoms with van der Waals surface area (Å²) in [6, 6.07) is 3.92. The van der Waals surface area contributed by atoms with Crippen molar-refractivity contribution in [2.45, 2.75) is 19.4 Å². The maximum atomic E-state index is 12.0. The maximum absolute atomic E-state index is 12.0. The van der Waals surface area contributed by atoms with Crippen molar-refractivity contribution in [3.63, 3.8) is 0 Å². The van der Waals surface area contributed by atoms with Crippen LogP contribution in [0.1, 0.15) is 11.1 Å². The third kappa shape index (κ3) is 2.71. The molecular formula is C11H12BrF2NO. The molecule has 0 unspecified atom stereocenters. The Kier molecular flexibility index (Phi) is 3.76. The highest BCUT2D eigenvalue weighted by molar-refractivity contribution is 9.10. The number of ether oxygens (including phenoxy) is 1. The second kappa shape index (κ2) is 5.10. The van der Waals surface area contributed by atoms with Crippen LogP contribution in [0, 0.1) is 0 Å². The fraction of sp³-hybridized carbons (Fsp3) is 0.455. The van der Waals surface area contributed by atoms with Gasteiger partial charge in [0.2, 0.25) is 0 Å². The molecular weight excluding hydrogens is 280 g/mol. The fourth-order valence-corrected chi connectivity index (χ4v) is 2.35. The van der Waals surface area contributed by atoms with E-state index in [0.717, 1.165) is 27.8 Å². The molecule has 1 aromatic carbocycles. The largest absolute Gasteiger partial charge is 0.493 e. The van der Waals surface area contributed by atoms with Crippen molar-refractivity contribution in [1.29, 1.82) is 0 Å². The average molecular weight is 292 g/mol. The summed E-state index contributed by atoms with van der Waals surface area (Å²) >= 11 is 3.41. The van der Waals surface area contributed by atoms with Gasteiger partial charge in [-0.05, 0) is 17.7 Å². The van der Waals surface area contributed by atoms with E-state index in [1.165, 1.54) is 0 Å². The highest BCUT2D eigenvalue weighted by Gasteiger charge is 2.17. The zero-order valence-electron chi connectivity index (χ0n) is 8.60. The van der Waals surface area contributed by atoms with Gasteiger partial charge in [0.15, 0.2) is 0 Å². The van der Waals surface area contributed by atoms with E-state index in [9.17, 15) is 8.78 Å². The second-order valence-corrected chi connectivity index (χ2v) is 4.59. The first-order chi connectivity index (χ1) is 7.66. The van der Waals surface area contributed by atoms with Crippen LogP contribution in [-0.2, 0) is 13.0 Å². The smallest absolute Gasteiger partial charge is 0.250 e. The Balaban J connectivity index is 2.08. The average Bonchev–Trinajstić information content (AvgIpc) is 2.64. The molecule has 0 atom stereocenters. The van der Waals surface area contributed by atoms with E-state index in [-0.39, 0.29) is 6.54 Å². The van der Waals surface area contributed by atoms with Gasteiger partial charge in [-0.25, -0.2) is 8.78 Å². The van der Waals surface area contributed by atoms with E-state index in [4.69, 9.17) is 4.74 Å². The van der Waals surface area contributed by atoms with Crippen molar-refractivity contribution < 1.29 is 13.5 Å². The molecule has 1 aromatic rings. The van der Waals surface area contributed by atoms with E-state index in [1.54, 1.807) is 0 Å². The molecule has 2 nitrogen and oxygen atoms in total. The molecule has 0 aromatic heterocycles. The summed E-state index contributed by atoms with van der Waals surface area (Å²) in [6.07, 6.45) is -1.43. The van der Waals surface area contributed by atoms with Crippen LogP contribution in [0.25, 0.3) is 0 Å². The van der Waals surface area contributed by atoms with Crippen LogP contribution in [0.4, 0.5) is 8.78 Å². The SMILES string of the molecule is FC(F)CNCc1cc(Br)cc2c1OCC2. The lowest BCUT2D eigenvalue weighted by Gasteiger charge is -2.10. The number of halogens is 3. The van der Waals surface area contributed by atoms with Crippen LogP contribution in [0.2, 0.25) is 0 Å². The molecule has 2 rings (SSSR count). The molecule has 5 heteroatoms. The Morgan fingerprint density at radius 1 is 1.44 bits per heavy atom. The zero-order valence-corrected chi connectivity index (χ0v) is 10.2. The quantitative estimate of drug-likeness (QED) is 0.921. The van der Waals surface area contributed by atoms with Gasteiger partial charge in [-0.1, -0.05) is 15.9 Å². The van der Waals surface area contributed by atoms with Gasteiger partial charge in [0.1, 0.15) is 5.75 Å². The van der Waals surface area contributed by atoms with E-state index < -0.39 is 6.43 Å². The Hall–Kier alpha value is -0.680. The topological polar surface area (TPSA) is 21.3 Å². The van der Waals surface area contributed by atoms with Gasteiger partial charge in [-0.15, -0.1) is 0 Å². The molecule has 0 saturated heterocycles. The third-order valence-electron chi connectivity index (χ3n) is 2.44. The molecule has 1 aliphatic rings. The van der Waals surface area contributed by atoms with Crippen molar-refractivity contribution in [3.8, 4) is 5.75 Å². The molecule has 0 saturated carbocycles. The first kappa shape index (κ1) is 11.8. The van der Waals surface area contributed by atoms with Crippen molar-refractivity contribution in [3.05, 3.63) is 27.7 Å². The van der Waals surface area contributed by atoms with Crippen LogP contribution in [0.15, 0.2) is 16.6 Å². The molecule has 1 aliphatic heterocycles.